The quantitative estimate of drug-likeness (QED) is 0.152. The average Bonchev–Trinajstić information content (AvgIpc) is 4.01. The second-order valence-electron chi connectivity index (χ2n) is 12.7. The first-order chi connectivity index (χ1) is 25.4. The van der Waals surface area contributed by atoms with E-state index in [4.69, 9.17) is 0 Å². The molecule has 9 rings (SSSR count). The molecule has 252 valence electrons. The van der Waals surface area contributed by atoms with Crippen LogP contribution in [0.25, 0.3) is 22.3 Å². The third-order valence-corrected chi connectivity index (χ3v) is 10.4. The van der Waals surface area contributed by atoms with Gasteiger partial charge in [-0.3, -0.25) is 4.55 Å². The van der Waals surface area contributed by atoms with E-state index in [2.05, 4.69) is 105 Å². The molecule has 0 aliphatic carbocycles. The molecule has 0 saturated heterocycles. The fourth-order valence-corrected chi connectivity index (χ4v) is 7.66. The molecule has 8 heteroatoms. The fraction of sp³-hybridized carbons (Fsp3) is 0. The van der Waals surface area contributed by atoms with Gasteiger partial charge in [-0.25, -0.2) is 0 Å². The molecule has 0 atom stereocenters. The lowest BCUT2D eigenvalue weighted by Crippen LogP contribution is -2.19. The van der Waals surface area contributed by atoms with E-state index in [1.54, 1.807) is 12.1 Å². The van der Waals surface area contributed by atoms with Crippen molar-refractivity contribution in [3.63, 3.8) is 0 Å². The third-order valence-electron chi connectivity index (χ3n) is 9.53. The van der Waals surface area contributed by atoms with Crippen LogP contribution in [-0.2, 0) is 10.1 Å². The Labute approximate surface area is 299 Å². The number of benzene rings is 4. The first-order valence-corrected chi connectivity index (χ1v) is 18.4. The molecule has 5 N–H and O–H groups in total. The molecule has 7 nitrogen and oxygen atoms in total. The highest BCUT2D eigenvalue weighted by Crippen LogP contribution is 2.28. The van der Waals surface area contributed by atoms with Crippen molar-refractivity contribution in [1.82, 2.24) is 19.9 Å². The molecule has 0 spiro atoms. The number of hydrogen-bond acceptors (Lipinski definition) is 2. The van der Waals surface area contributed by atoms with E-state index in [9.17, 15) is 13.0 Å². The number of fused-ring (bicyclic) bond motifs is 8. The molecular formula is C44H32N4O3S. The Kier molecular flexibility index (Phi) is 7.61. The summed E-state index contributed by atoms with van der Waals surface area (Å²) in [6.45, 7) is 0. The Morgan fingerprint density at radius 1 is 0.327 bits per heavy atom. The van der Waals surface area contributed by atoms with Gasteiger partial charge in [-0.05, 0) is 82.9 Å². The minimum atomic E-state index is -4.36. The molecule has 0 saturated carbocycles. The Bertz CT molecular complexity index is 2950. The summed E-state index contributed by atoms with van der Waals surface area (Å²) in [6, 6.07) is 54.0. The van der Waals surface area contributed by atoms with E-state index in [0.29, 0.717) is 0 Å². The van der Waals surface area contributed by atoms with Crippen LogP contribution in [0.5, 0.6) is 0 Å². The molecule has 1 aliphatic heterocycles. The van der Waals surface area contributed by atoms with Gasteiger partial charge < -0.3 is 19.9 Å². The van der Waals surface area contributed by atoms with Crippen LogP contribution in [0.3, 0.4) is 0 Å². The summed E-state index contributed by atoms with van der Waals surface area (Å²) in [5.41, 5.74) is 11.5. The second kappa shape index (κ2) is 12.6. The molecule has 52 heavy (non-hydrogen) atoms. The smallest absolute Gasteiger partial charge is 0.294 e. The number of H-pyrrole nitrogens is 4. The maximum Gasteiger partial charge on any atom is 0.294 e. The third kappa shape index (κ3) is 5.66. The van der Waals surface area contributed by atoms with Crippen LogP contribution in [-0.4, -0.2) is 32.9 Å². The predicted molar refractivity (Wildman–Crippen MR) is 204 cm³/mol. The summed E-state index contributed by atoms with van der Waals surface area (Å²) in [6.07, 6.45) is 0. The summed E-state index contributed by atoms with van der Waals surface area (Å²) in [7, 11) is -4.36. The summed E-state index contributed by atoms with van der Waals surface area (Å²) < 4.78 is 33.6. The topological polar surface area (TPSA) is 118 Å². The maximum atomic E-state index is 12.0. The van der Waals surface area contributed by atoms with E-state index in [1.807, 2.05) is 54.6 Å². The Morgan fingerprint density at radius 3 is 0.904 bits per heavy atom. The summed E-state index contributed by atoms with van der Waals surface area (Å²) in [5, 5.41) is 3.65. The van der Waals surface area contributed by atoms with Crippen LogP contribution < -0.4 is 21.4 Å². The van der Waals surface area contributed by atoms with Gasteiger partial charge in [0, 0.05) is 66.5 Å². The van der Waals surface area contributed by atoms with Crippen LogP contribution in [0.2, 0.25) is 0 Å². The lowest BCUT2D eigenvalue weighted by atomic mass is 10.0. The van der Waals surface area contributed by atoms with E-state index >= 15 is 0 Å². The highest BCUT2D eigenvalue weighted by atomic mass is 32.2. The van der Waals surface area contributed by atoms with Crippen molar-refractivity contribution < 1.29 is 13.0 Å². The standard InChI is InChI=1S/C44H32N4O3S/c49-52(50,51)32-18-16-31(17-19-32)44-39-26-24-37(47-39)42(29-12-6-2-7-13-29)35-22-20-33(45-35)41(28-10-4-1-5-11-28)34-21-23-36(46-34)43(30-14-8-3-9-15-30)38-25-27-40(44)48-38/h1-27,45-48H,(H,49,50,51). The van der Waals surface area contributed by atoms with Gasteiger partial charge in [0.1, 0.15) is 0 Å². The molecule has 5 heterocycles. The maximum absolute atomic E-state index is 12.0. The van der Waals surface area contributed by atoms with E-state index < -0.39 is 10.1 Å². The van der Waals surface area contributed by atoms with Crippen molar-refractivity contribution in [3.8, 4) is 0 Å². The molecule has 0 fully saturated rings. The molecule has 4 aromatic heterocycles. The van der Waals surface area contributed by atoms with E-state index in [1.165, 1.54) is 12.1 Å². The minimum Gasteiger partial charge on any atom is -0.354 e. The van der Waals surface area contributed by atoms with Crippen molar-refractivity contribution in [1.29, 1.82) is 0 Å². The Morgan fingerprint density at radius 2 is 0.615 bits per heavy atom. The van der Waals surface area contributed by atoms with Crippen LogP contribution in [0, 0.1) is 0 Å². The van der Waals surface area contributed by atoms with Crippen LogP contribution in [0.1, 0.15) is 45.0 Å². The van der Waals surface area contributed by atoms with E-state index in [-0.39, 0.29) is 4.90 Å². The van der Waals surface area contributed by atoms with Crippen molar-refractivity contribution in [2.45, 2.75) is 4.90 Å². The lowest BCUT2D eigenvalue weighted by molar-refractivity contribution is 0.483. The Hall–Kier alpha value is -6.61. The summed E-state index contributed by atoms with van der Waals surface area (Å²) in [4.78, 5) is 14.8. The van der Waals surface area contributed by atoms with Gasteiger partial charge in [0.25, 0.3) is 10.1 Å². The highest BCUT2D eigenvalue weighted by Gasteiger charge is 2.19. The first-order valence-electron chi connectivity index (χ1n) is 16.9. The van der Waals surface area contributed by atoms with Gasteiger partial charge in [0.15, 0.2) is 0 Å². The van der Waals surface area contributed by atoms with Crippen molar-refractivity contribution >= 4 is 32.4 Å². The molecule has 8 bridgehead atoms. The van der Waals surface area contributed by atoms with Gasteiger partial charge in [-0.15, -0.1) is 0 Å². The summed E-state index contributed by atoms with van der Waals surface area (Å²) in [5.74, 6) is 0. The van der Waals surface area contributed by atoms with Gasteiger partial charge in [-0.2, -0.15) is 8.42 Å². The largest absolute Gasteiger partial charge is 0.354 e. The molecule has 4 aromatic carbocycles. The van der Waals surface area contributed by atoms with Crippen LogP contribution in [0.15, 0.2) is 169 Å². The van der Waals surface area contributed by atoms with Gasteiger partial charge in [-0.1, -0.05) is 103 Å². The van der Waals surface area contributed by atoms with Gasteiger partial charge in [0.2, 0.25) is 0 Å². The fourth-order valence-electron chi connectivity index (χ4n) is 7.18. The minimum absolute atomic E-state index is 0.166. The first kappa shape index (κ1) is 31.4. The number of nitrogens with one attached hydrogen (secondary N) is 4. The second-order valence-corrected chi connectivity index (χ2v) is 14.2. The Balaban J connectivity index is 1.42. The number of aromatic nitrogens is 4. The monoisotopic (exact) mass is 696 g/mol. The van der Waals surface area contributed by atoms with Gasteiger partial charge in [0.05, 0.1) is 4.90 Å². The molecule has 1 aliphatic rings. The van der Waals surface area contributed by atoms with Crippen molar-refractivity contribution in [3.05, 3.63) is 230 Å². The average molecular weight is 697 g/mol. The predicted octanol–water partition coefficient (Wildman–Crippen LogP) is 5.55. The highest BCUT2D eigenvalue weighted by molar-refractivity contribution is 7.85. The molecule has 0 amide bonds. The molecular weight excluding hydrogens is 665 g/mol. The van der Waals surface area contributed by atoms with Crippen molar-refractivity contribution in [2.24, 2.45) is 0 Å². The lowest BCUT2D eigenvalue weighted by Gasteiger charge is -2.10. The zero-order valence-corrected chi connectivity index (χ0v) is 28.6. The number of rotatable bonds is 5. The normalized spacial score (nSPS) is 13.1. The van der Waals surface area contributed by atoms with Gasteiger partial charge >= 0.3 is 0 Å². The molecule has 0 radical (unpaired) electrons. The number of aromatic amines is 4. The SMILES string of the molecule is O=S(=O)(O)c1ccc(C2=c3ccc([nH]3)=C(c3ccccc3)c3ccc([nH]3)C(c3ccccc3)=c3ccc([nH]3)=C(c3ccccc3)c3ccc2[nH]3)cc1. The van der Waals surface area contributed by atoms with E-state index in [0.717, 1.165) is 88.7 Å². The van der Waals surface area contributed by atoms with Crippen LogP contribution >= 0.6 is 0 Å². The molecule has 8 aromatic rings. The zero-order chi connectivity index (χ0) is 35.2. The van der Waals surface area contributed by atoms with Crippen molar-refractivity contribution in [2.75, 3.05) is 0 Å². The number of hydrogen-bond donors (Lipinski definition) is 5. The van der Waals surface area contributed by atoms with Crippen LogP contribution in [0.4, 0.5) is 0 Å². The molecule has 0 unspecified atom stereocenters. The zero-order valence-electron chi connectivity index (χ0n) is 27.8. The summed E-state index contributed by atoms with van der Waals surface area (Å²) >= 11 is 0.